The summed E-state index contributed by atoms with van der Waals surface area (Å²) in [5.41, 5.74) is 1.60. The SMILES string of the molecule is COC(=O)Cn1nnnc1SCc1cccc(C#N)c1. The monoisotopic (exact) mass is 289 g/mol. The molecule has 1 aromatic carbocycles. The van der Waals surface area contributed by atoms with E-state index in [9.17, 15) is 4.79 Å². The van der Waals surface area contributed by atoms with Crippen molar-refractivity contribution in [2.24, 2.45) is 0 Å². The highest BCUT2D eigenvalue weighted by Crippen LogP contribution is 2.20. The van der Waals surface area contributed by atoms with Crippen molar-refractivity contribution in [2.45, 2.75) is 17.5 Å². The van der Waals surface area contributed by atoms with E-state index in [2.05, 4.69) is 26.3 Å². The van der Waals surface area contributed by atoms with Crippen molar-refractivity contribution >= 4 is 17.7 Å². The Morgan fingerprint density at radius 2 is 2.40 bits per heavy atom. The van der Waals surface area contributed by atoms with Gasteiger partial charge >= 0.3 is 5.97 Å². The fourth-order valence-corrected chi connectivity index (χ4v) is 2.28. The molecule has 0 radical (unpaired) electrons. The van der Waals surface area contributed by atoms with Gasteiger partial charge in [-0.15, -0.1) is 5.10 Å². The Morgan fingerprint density at radius 3 is 3.15 bits per heavy atom. The number of hydrogen-bond donors (Lipinski definition) is 0. The van der Waals surface area contributed by atoms with Crippen LogP contribution in [0.25, 0.3) is 0 Å². The largest absolute Gasteiger partial charge is 0.468 e. The van der Waals surface area contributed by atoms with Gasteiger partial charge in [0.1, 0.15) is 6.54 Å². The van der Waals surface area contributed by atoms with Crippen LogP contribution in [-0.2, 0) is 21.8 Å². The molecule has 0 aliphatic heterocycles. The van der Waals surface area contributed by atoms with E-state index in [4.69, 9.17) is 5.26 Å². The van der Waals surface area contributed by atoms with E-state index in [1.54, 1.807) is 12.1 Å². The minimum absolute atomic E-state index is 0.0237. The van der Waals surface area contributed by atoms with Crippen molar-refractivity contribution in [2.75, 3.05) is 7.11 Å². The fraction of sp³-hybridized carbons (Fsp3) is 0.250. The van der Waals surface area contributed by atoms with Crippen LogP contribution in [0.5, 0.6) is 0 Å². The lowest BCUT2D eigenvalue weighted by Crippen LogP contribution is -2.13. The Morgan fingerprint density at radius 1 is 1.55 bits per heavy atom. The van der Waals surface area contributed by atoms with Crippen LogP contribution in [0, 0.1) is 11.3 Å². The van der Waals surface area contributed by atoms with Gasteiger partial charge in [-0.3, -0.25) is 4.79 Å². The summed E-state index contributed by atoms with van der Waals surface area (Å²) in [5.74, 6) is 0.197. The number of benzene rings is 1. The first kappa shape index (κ1) is 14.0. The van der Waals surface area contributed by atoms with Crippen LogP contribution in [-0.4, -0.2) is 33.3 Å². The molecule has 0 bridgehead atoms. The maximum atomic E-state index is 11.2. The highest BCUT2D eigenvalue weighted by Gasteiger charge is 2.11. The van der Waals surface area contributed by atoms with Crippen LogP contribution in [0.15, 0.2) is 29.4 Å². The highest BCUT2D eigenvalue weighted by molar-refractivity contribution is 7.98. The van der Waals surface area contributed by atoms with Gasteiger partial charge in [0, 0.05) is 5.75 Å². The van der Waals surface area contributed by atoms with E-state index >= 15 is 0 Å². The number of esters is 1. The number of ether oxygens (including phenoxy) is 1. The lowest BCUT2D eigenvalue weighted by atomic mass is 10.2. The molecule has 20 heavy (non-hydrogen) atoms. The molecule has 102 valence electrons. The number of aromatic nitrogens is 4. The van der Waals surface area contributed by atoms with Crippen molar-refractivity contribution < 1.29 is 9.53 Å². The smallest absolute Gasteiger partial charge is 0.327 e. The second kappa shape index (κ2) is 6.68. The maximum absolute atomic E-state index is 11.2. The summed E-state index contributed by atoms with van der Waals surface area (Å²) >= 11 is 1.39. The molecule has 7 nitrogen and oxygen atoms in total. The van der Waals surface area contributed by atoms with Crippen molar-refractivity contribution in [3.63, 3.8) is 0 Å². The molecule has 1 heterocycles. The average Bonchev–Trinajstić information content (AvgIpc) is 2.92. The summed E-state index contributed by atoms with van der Waals surface area (Å²) < 4.78 is 5.95. The normalized spacial score (nSPS) is 10.0. The Labute approximate surface area is 119 Å². The van der Waals surface area contributed by atoms with Crippen molar-refractivity contribution in [3.8, 4) is 6.07 Å². The first-order chi connectivity index (χ1) is 9.72. The summed E-state index contributed by atoms with van der Waals surface area (Å²) in [6, 6.07) is 9.39. The summed E-state index contributed by atoms with van der Waals surface area (Å²) in [4.78, 5) is 11.2. The number of carbonyl (C=O) groups is 1. The number of methoxy groups -OCH3 is 1. The van der Waals surface area contributed by atoms with Gasteiger partial charge in [0.05, 0.1) is 18.7 Å². The van der Waals surface area contributed by atoms with E-state index in [0.29, 0.717) is 16.5 Å². The number of nitrogens with zero attached hydrogens (tertiary/aromatic N) is 5. The number of carbonyl (C=O) groups excluding carboxylic acids is 1. The second-order valence-electron chi connectivity index (χ2n) is 3.80. The van der Waals surface area contributed by atoms with Crippen molar-refractivity contribution in [1.82, 2.24) is 20.2 Å². The van der Waals surface area contributed by atoms with E-state index in [0.717, 1.165) is 5.56 Å². The zero-order valence-corrected chi connectivity index (χ0v) is 11.5. The topological polar surface area (TPSA) is 93.7 Å². The van der Waals surface area contributed by atoms with Crippen LogP contribution in [0.4, 0.5) is 0 Å². The number of nitriles is 1. The molecule has 0 saturated carbocycles. The quantitative estimate of drug-likeness (QED) is 0.599. The third-order valence-electron chi connectivity index (χ3n) is 2.43. The number of tetrazole rings is 1. The van der Waals surface area contributed by atoms with Gasteiger partial charge in [-0.1, -0.05) is 23.9 Å². The number of rotatable bonds is 5. The molecule has 0 amide bonds. The predicted molar refractivity (Wildman–Crippen MR) is 70.6 cm³/mol. The van der Waals surface area contributed by atoms with Gasteiger partial charge in [0.2, 0.25) is 5.16 Å². The minimum atomic E-state index is -0.411. The number of hydrogen-bond acceptors (Lipinski definition) is 7. The third-order valence-corrected chi connectivity index (χ3v) is 3.46. The lowest BCUT2D eigenvalue weighted by molar-refractivity contribution is -0.141. The van der Waals surface area contributed by atoms with Crippen LogP contribution < -0.4 is 0 Å². The molecule has 8 heteroatoms. The molecule has 0 aliphatic rings. The third kappa shape index (κ3) is 3.55. The van der Waals surface area contributed by atoms with Gasteiger partial charge in [-0.25, -0.2) is 4.68 Å². The highest BCUT2D eigenvalue weighted by atomic mass is 32.2. The molecular formula is C12H11N5O2S. The Kier molecular flexibility index (Phi) is 4.68. The van der Waals surface area contributed by atoms with Crippen molar-refractivity contribution in [1.29, 1.82) is 5.26 Å². The molecule has 0 unspecified atom stereocenters. The minimum Gasteiger partial charge on any atom is -0.468 e. The molecule has 0 N–H and O–H groups in total. The molecule has 2 rings (SSSR count). The molecule has 0 saturated heterocycles. The summed E-state index contributed by atoms with van der Waals surface area (Å²) in [7, 11) is 1.31. The molecule has 1 aromatic heterocycles. The number of thioether (sulfide) groups is 1. The van der Waals surface area contributed by atoms with E-state index in [1.807, 2.05) is 12.1 Å². The standard InChI is InChI=1S/C12H11N5O2S/c1-19-11(18)7-17-12(14-15-16-17)20-8-10-4-2-3-9(5-10)6-13/h2-5H,7-8H2,1H3. The molecule has 0 aliphatic carbocycles. The van der Waals surface area contributed by atoms with Crippen LogP contribution in [0.1, 0.15) is 11.1 Å². The van der Waals surface area contributed by atoms with Gasteiger partial charge in [-0.2, -0.15) is 5.26 Å². The van der Waals surface area contributed by atoms with Gasteiger partial charge in [-0.05, 0) is 28.1 Å². The first-order valence-electron chi connectivity index (χ1n) is 5.67. The lowest BCUT2D eigenvalue weighted by Gasteiger charge is -2.03. The van der Waals surface area contributed by atoms with Gasteiger partial charge in [0.15, 0.2) is 0 Å². The first-order valence-corrected chi connectivity index (χ1v) is 6.66. The van der Waals surface area contributed by atoms with Crippen LogP contribution >= 0.6 is 11.8 Å². The zero-order valence-electron chi connectivity index (χ0n) is 10.7. The summed E-state index contributed by atoms with van der Waals surface area (Å²) in [5, 5.41) is 20.5. The molecule has 0 spiro atoms. The maximum Gasteiger partial charge on any atom is 0.327 e. The summed E-state index contributed by atoms with van der Waals surface area (Å²) in [6.07, 6.45) is 0. The van der Waals surface area contributed by atoms with Crippen LogP contribution in [0.2, 0.25) is 0 Å². The van der Waals surface area contributed by atoms with E-state index < -0.39 is 5.97 Å². The van der Waals surface area contributed by atoms with Gasteiger partial charge in [0.25, 0.3) is 0 Å². The second-order valence-corrected chi connectivity index (χ2v) is 4.74. The predicted octanol–water partition coefficient (Wildman–Crippen LogP) is 1.01. The van der Waals surface area contributed by atoms with E-state index in [1.165, 1.54) is 23.6 Å². The Hall–Kier alpha value is -2.40. The molecular weight excluding hydrogens is 278 g/mol. The summed E-state index contributed by atoms with van der Waals surface area (Å²) in [6.45, 7) is -0.0237. The Balaban J connectivity index is 2.02. The molecule has 0 fully saturated rings. The molecule has 0 atom stereocenters. The van der Waals surface area contributed by atoms with Gasteiger partial charge < -0.3 is 4.74 Å². The molecule has 2 aromatic rings. The fourth-order valence-electron chi connectivity index (χ4n) is 1.46. The Bertz CT molecular complexity index is 649. The van der Waals surface area contributed by atoms with E-state index in [-0.39, 0.29) is 6.54 Å². The zero-order chi connectivity index (χ0) is 14.4. The average molecular weight is 289 g/mol. The van der Waals surface area contributed by atoms with Crippen LogP contribution in [0.3, 0.4) is 0 Å². The van der Waals surface area contributed by atoms with Crippen molar-refractivity contribution in [3.05, 3.63) is 35.4 Å².